The molecule has 0 fully saturated rings. The first-order valence-electron chi connectivity index (χ1n) is 11.3. The van der Waals surface area contributed by atoms with Crippen LogP contribution in [0.3, 0.4) is 0 Å². The minimum atomic E-state index is -0.383. The molecule has 3 aromatic rings. The maximum Gasteiger partial charge on any atom is 0.239 e. The Morgan fingerprint density at radius 3 is 2.47 bits per heavy atom. The number of rotatable bonds is 10. The van der Waals surface area contributed by atoms with Crippen LogP contribution >= 0.6 is 0 Å². The third-order valence-corrected chi connectivity index (χ3v) is 5.40. The second-order valence-corrected chi connectivity index (χ2v) is 8.10. The van der Waals surface area contributed by atoms with Crippen LogP contribution in [-0.2, 0) is 27.5 Å². The van der Waals surface area contributed by atoms with Crippen LogP contribution < -0.4 is 20.1 Å². The quantitative estimate of drug-likeness (QED) is 0.450. The molecule has 1 aliphatic heterocycles. The summed E-state index contributed by atoms with van der Waals surface area (Å²) in [6.07, 6.45) is 1.40. The molecule has 0 aliphatic carbocycles. The smallest absolute Gasteiger partial charge is 0.239 e. The van der Waals surface area contributed by atoms with E-state index >= 15 is 0 Å². The highest BCUT2D eigenvalue weighted by Crippen LogP contribution is 2.32. The van der Waals surface area contributed by atoms with Crippen molar-refractivity contribution in [3.05, 3.63) is 83.8 Å². The highest BCUT2D eigenvalue weighted by molar-refractivity contribution is 5.93. The number of anilines is 1. The molecule has 36 heavy (non-hydrogen) atoms. The second-order valence-electron chi connectivity index (χ2n) is 8.10. The molecule has 0 bridgehead atoms. The van der Waals surface area contributed by atoms with Crippen LogP contribution in [0.4, 0.5) is 10.2 Å². The molecule has 2 heterocycles. The number of fused-ring (bicyclic) bond motifs is 1. The fraction of sp³-hybridized carbons (Fsp3) is 0.231. The Balaban J connectivity index is 1.37. The lowest BCUT2D eigenvalue weighted by molar-refractivity contribution is -0.137. The third kappa shape index (κ3) is 7.02. The molecule has 0 atom stereocenters. The van der Waals surface area contributed by atoms with Gasteiger partial charge < -0.3 is 25.0 Å². The average Bonchev–Trinajstić information content (AvgIpc) is 3.35. The van der Waals surface area contributed by atoms with Crippen molar-refractivity contribution in [2.24, 2.45) is 0 Å². The Morgan fingerprint density at radius 1 is 0.917 bits per heavy atom. The number of hydrogen-bond donors (Lipinski definition) is 2. The van der Waals surface area contributed by atoms with Crippen molar-refractivity contribution < 1.29 is 28.2 Å². The number of carbonyl (C=O) groups excluding carboxylic acids is 3. The minimum absolute atomic E-state index is 0.0652. The minimum Gasteiger partial charge on any atom is -0.454 e. The van der Waals surface area contributed by atoms with Crippen LogP contribution in [-0.4, -0.2) is 40.9 Å². The summed E-state index contributed by atoms with van der Waals surface area (Å²) in [7, 11) is 0. The molecule has 0 radical (unpaired) electrons. The number of nitrogens with zero attached hydrogens (tertiary/aromatic N) is 2. The Bertz CT molecular complexity index is 1220. The number of amides is 3. The molecule has 2 aromatic carbocycles. The number of carbonyl (C=O) groups is 3. The first-order valence-corrected chi connectivity index (χ1v) is 11.3. The van der Waals surface area contributed by atoms with Gasteiger partial charge in [0, 0.05) is 32.1 Å². The lowest BCUT2D eigenvalue weighted by Gasteiger charge is -2.22. The summed E-state index contributed by atoms with van der Waals surface area (Å²) >= 11 is 0. The van der Waals surface area contributed by atoms with Crippen LogP contribution in [0.1, 0.15) is 24.0 Å². The molecule has 0 spiro atoms. The van der Waals surface area contributed by atoms with Gasteiger partial charge in [0.2, 0.25) is 24.5 Å². The lowest BCUT2D eigenvalue weighted by Crippen LogP contribution is -2.40. The van der Waals surface area contributed by atoms with E-state index in [9.17, 15) is 18.8 Å². The summed E-state index contributed by atoms with van der Waals surface area (Å²) in [4.78, 5) is 43.4. The number of ether oxygens (including phenoxy) is 2. The van der Waals surface area contributed by atoms with E-state index in [1.165, 1.54) is 17.0 Å². The molecule has 0 saturated carbocycles. The summed E-state index contributed by atoms with van der Waals surface area (Å²) in [5.74, 6) is 0.109. The summed E-state index contributed by atoms with van der Waals surface area (Å²) in [6, 6.07) is 16.2. The Labute approximate surface area is 207 Å². The molecule has 1 aromatic heterocycles. The maximum atomic E-state index is 13.1. The van der Waals surface area contributed by atoms with Gasteiger partial charge in [-0.05, 0) is 47.5 Å². The normalized spacial score (nSPS) is 11.6. The van der Waals surface area contributed by atoms with Gasteiger partial charge in [-0.3, -0.25) is 14.4 Å². The first-order chi connectivity index (χ1) is 17.5. The molecule has 1 aliphatic rings. The number of hydrogen-bond acceptors (Lipinski definition) is 6. The topological polar surface area (TPSA) is 110 Å². The van der Waals surface area contributed by atoms with Crippen LogP contribution in [0.2, 0.25) is 0 Å². The van der Waals surface area contributed by atoms with E-state index in [4.69, 9.17) is 9.47 Å². The summed E-state index contributed by atoms with van der Waals surface area (Å²) in [6.45, 7) is 0.244. The summed E-state index contributed by atoms with van der Waals surface area (Å²) in [5.41, 5.74) is 1.47. The SMILES string of the molecule is O=C(CN(Cc1ccc2c(c1)OCO2)C(=O)CCC(=O)Nc1ccccn1)NCc1ccc(F)cc1. The van der Waals surface area contributed by atoms with Gasteiger partial charge in [-0.25, -0.2) is 9.37 Å². The predicted molar refractivity (Wildman–Crippen MR) is 128 cm³/mol. The van der Waals surface area contributed by atoms with E-state index < -0.39 is 0 Å². The number of nitrogens with one attached hydrogen (secondary N) is 2. The number of pyridine rings is 1. The highest BCUT2D eigenvalue weighted by atomic mass is 19.1. The number of halogens is 1. The van der Waals surface area contributed by atoms with Gasteiger partial charge >= 0.3 is 0 Å². The lowest BCUT2D eigenvalue weighted by atomic mass is 10.1. The van der Waals surface area contributed by atoms with Crippen molar-refractivity contribution in [1.29, 1.82) is 0 Å². The first kappa shape index (κ1) is 24.6. The molecular formula is C26H25FN4O5. The molecule has 186 valence electrons. The summed E-state index contributed by atoms with van der Waals surface area (Å²) in [5, 5.41) is 5.38. The number of benzene rings is 2. The molecule has 3 amide bonds. The summed E-state index contributed by atoms with van der Waals surface area (Å²) < 4.78 is 23.8. The molecule has 0 unspecified atom stereocenters. The van der Waals surface area contributed by atoms with Gasteiger partial charge in [0.25, 0.3) is 0 Å². The molecular weight excluding hydrogens is 467 g/mol. The van der Waals surface area contributed by atoms with Crippen molar-refractivity contribution in [3.63, 3.8) is 0 Å². The zero-order valence-electron chi connectivity index (χ0n) is 19.4. The van der Waals surface area contributed by atoms with Crippen LogP contribution in [0.25, 0.3) is 0 Å². The van der Waals surface area contributed by atoms with Crippen molar-refractivity contribution in [2.75, 3.05) is 18.7 Å². The molecule has 10 heteroatoms. The van der Waals surface area contributed by atoms with E-state index in [-0.39, 0.29) is 62.8 Å². The van der Waals surface area contributed by atoms with Gasteiger partial charge in [-0.15, -0.1) is 0 Å². The monoisotopic (exact) mass is 492 g/mol. The van der Waals surface area contributed by atoms with E-state index in [0.717, 1.165) is 11.1 Å². The Hall–Kier alpha value is -4.47. The van der Waals surface area contributed by atoms with E-state index in [1.54, 1.807) is 54.7 Å². The fourth-order valence-electron chi connectivity index (χ4n) is 3.54. The molecule has 9 nitrogen and oxygen atoms in total. The Morgan fingerprint density at radius 2 is 1.69 bits per heavy atom. The van der Waals surface area contributed by atoms with Crippen LogP contribution in [0.5, 0.6) is 11.5 Å². The predicted octanol–water partition coefficient (Wildman–Crippen LogP) is 3.01. The average molecular weight is 493 g/mol. The van der Waals surface area contributed by atoms with E-state index in [2.05, 4.69) is 15.6 Å². The molecule has 2 N–H and O–H groups in total. The number of aromatic nitrogens is 1. The van der Waals surface area contributed by atoms with Crippen molar-refractivity contribution in [2.45, 2.75) is 25.9 Å². The molecule has 0 saturated heterocycles. The standard InChI is InChI=1S/C26H25FN4O5/c27-20-7-4-18(5-8-20)14-29-25(33)16-31(15-19-6-9-21-22(13-19)36-17-35-21)26(34)11-10-24(32)30-23-3-1-2-12-28-23/h1-9,12-13H,10-11,14-17H2,(H,29,33)(H,28,30,32). The second kappa shape index (κ2) is 11.8. The van der Waals surface area contributed by atoms with Gasteiger partial charge in [0.15, 0.2) is 11.5 Å². The zero-order chi connectivity index (χ0) is 25.3. The van der Waals surface area contributed by atoms with Gasteiger partial charge in [-0.1, -0.05) is 24.3 Å². The van der Waals surface area contributed by atoms with Gasteiger partial charge in [0.05, 0.1) is 6.54 Å². The zero-order valence-corrected chi connectivity index (χ0v) is 19.4. The van der Waals surface area contributed by atoms with Crippen molar-refractivity contribution in [3.8, 4) is 11.5 Å². The van der Waals surface area contributed by atoms with Crippen molar-refractivity contribution >= 4 is 23.5 Å². The van der Waals surface area contributed by atoms with Crippen LogP contribution in [0, 0.1) is 5.82 Å². The highest BCUT2D eigenvalue weighted by Gasteiger charge is 2.21. The fourth-order valence-corrected chi connectivity index (χ4v) is 3.54. The maximum absolute atomic E-state index is 13.1. The molecule has 4 rings (SSSR count). The Kier molecular flexibility index (Phi) is 8.07. The van der Waals surface area contributed by atoms with Gasteiger partial charge in [0.1, 0.15) is 11.6 Å². The third-order valence-electron chi connectivity index (χ3n) is 5.40. The van der Waals surface area contributed by atoms with E-state index in [1.807, 2.05) is 0 Å². The van der Waals surface area contributed by atoms with Gasteiger partial charge in [-0.2, -0.15) is 0 Å². The largest absolute Gasteiger partial charge is 0.454 e. The van der Waals surface area contributed by atoms with E-state index in [0.29, 0.717) is 17.3 Å². The van der Waals surface area contributed by atoms with Crippen LogP contribution in [0.15, 0.2) is 66.9 Å². The van der Waals surface area contributed by atoms with Crippen molar-refractivity contribution in [1.82, 2.24) is 15.2 Å².